The Hall–Kier alpha value is -4.01. The van der Waals surface area contributed by atoms with Gasteiger partial charge in [-0.1, -0.05) is 41.6 Å². The quantitative estimate of drug-likeness (QED) is 0.375. The molecule has 2 aromatic carbocycles. The second-order valence-corrected chi connectivity index (χ2v) is 11.3. The predicted molar refractivity (Wildman–Crippen MR) is 144 cm³/mol. The first-order chi connectivity index (χ1) is 18.7. The zero-order valence-electron chi connectivity index (χ0n) is 22.4. The fraction of sp³-hybridized carbons (Fsp3) is 0.433. The fourth-order valence-electron chi connectivity index (χ4n) is 6.25. The number of carboxylic acids is 1. The number of amides is 1. The van der Waals surface area contributed by atoms with Crippen molar-refractivity contribution in [3.63, 3.8) is 0 Å². The van der Waals surface area contributed by atoms with Crippen LogP contribution < -0.4 is 15.0 Å². The standard InChI is InChI=1S/C30H33N3O6/c1-18-25(31-28(36)38-19(2)20-7-5-4-6-8-20)26(39-32-18)21-14-29(15-21)16-33(17-29)23-10-9-22(13-24(23)37-3)30(11-12-30)27(34)35/h4-10,13,19,21H,11-12,14-17H2,1-3H3,(H,31,36)(H,34,35)/t19-/m1/s1. The molecule has 1 saturated heterocycles. The molecule has 2 N–H and O–H groups in total. The fourth-order valence-corrected chi connectivity index (χ4v) is 6.25. The van der Waals surface area contributed by atoms with Crippen molar-refractivity contribution in [2.24, 2.45) is 5.41 Å². The lowest BCUT2D eigenvalue weighted by Gasteiger charge is -2.59. The van der Waals surface area contributed by atoms with E-state index in [-0.39, 0.29) is 17.4 Å². The van der Waals surface area contributed by atoms with Crippen LogP contribution in [0.2, 0.25) is 0 Å². The van der Waals surface area contributed by atoms with Crippen LogP contribution in [0, 0.1) is 12.3 Å². The Kier molecular flexibility index (Phi) is 6.04. The largest absolute Gasteiger partial charge is 0.495 e. The second-order valence-electron chi connectivity index (χ2n) is 11.3. The highest BCUT2D eigenvalue weighted by Crippen LogP contribution is 2.59. The van der Waals surface area contributed by atoms with Gasteiger partial charge in [0.25, 0.3) is 0 Å². The summed E-state index contributed by atoms with van der Waals surface area (Å²) in [4.78, 5) is 26.7. The molecule has 3 fully saturated rings. The second kappa shape index (κ2) is 9.32. The molecule has 2 heterocycles. The Labute approximate surface area is 227 Å². The molecule has 3 aliphatic rings. The maximum absolute atomic E-state index is 12.7. The third kappa shape index (κ3) is 4.39. The topological polar surface area (TPSA) is 114 Å². The molecular formula is C30H33N3O6. The predicted octanol–water partition coefficient (Wildman–Crippen LogP) is 5.80. The Bertz CT molecular complexity index is 1400. The van der Waals surface area contributed by atoms with E-state index in [2.05, 4.69) is 15.4 Å². The van der Waals surface area contributed by atoms with E-state index < -0.39 is 17.5 Å². The van der Waals surface area contributed by atoms with Crippen molar-refractivity contribution in [2.75, 3.05) is 30.4 Å². The molecule has 9 heteroatoms. The van der Waals surface area contributed by atoms with Crippen LogP contribution in [0.5, 0.6) is 5.75 Å². The molecule has 0 unspecified atom stereocenters. The number of carbonyl (C=O) groups is 2. The van der Waals surface area contributed by atoms with Crippen LogP contribution in [0.1, 0.15) is 67.2 Å². The molecule has 1 atom stereocenters. The van der Waals surface area contributed by atoms with Gasteiger partial charge >= 0.3 is 12.1 Å². The van der Waals surface area contributed by atoms with Crippen molar-refractivity contribution in [3.05, 3.63) is 71.1 Å². The molecule has 1 amide bonds. The number of aromatic nitrogens is 1. The summed E-state index contributed by atoms with van der Waals surface area (Å²) in [6, 6.07) is 15.4. The SMILES string of the molecule is COc1cc(C2(C(=O)O)CC2)ccc1N1CC2(CC(c3onc(C)c3NC(=O)O[C@H](C)c3ccccc3)C2)C1. The first kappa shape index (κ1) is 25.3. The Morgan fingerprint density at radius 3 is 2.51 bits per heavy atom. The van der Waals surface area contributed by atoms with Crippen LogP contribution in [0.3, 0.4) is 0 Å². The van der Waals surface area contributed by atoms with Gasteiger partial charge < -0.3 is 24.0 Å². The summed E-state index contributed by atoms with van der Waals surface area (Å²) in [7, 11) is 1.63. The third-order valence-corrected chi connectivity index (χ3v) is 8.68. The van der Waals surface area contributed by atoms with Gasteiger partial charge in [0.15, 0.2) is 5.76 Å². The molecule has 3 aromatic rings. The van der Waals surface area contributed by atoms with E-state index >= 15 is 0 Å². The van der Waals surface area contributed by atoms with Gasteiger partial charge in [0, 0.05) is 24.4 Å². The van der Waals surface area contributed by atoms with Crippen molar-refractivity contribution in [3.8, 4) is 5.75 Å². The normalized spacial score (nSPS) is 19.5. The minimum atomic E-state index is -0.767. The highest BCUT2D eigenvalue weighted by Gasteiger charge is 2.55. The van der Waals surface area contributed by atoms with E-state index in [1.54, 1.807) is 7.11 Å². The number of nitrogens with zero attached hydrogens (tertiary/aromatic N) is 2. The number of aryl methyl sites for hydroxylation is 1. The van der Waals surface area contributed by atoms with Gasteiger partial charge in [-0.25, -0.2) is 4.79 Å². The highest BCUT2D eigenvalue weighted by molar-refractivity contribution is 5.86. The van der Waals surface area contributed by atoms with Crippen LogP contribution in [-0.2, 0) is 14.9 Å². The smallest absolute Gasteiger partial charge is 0.412 e. The molecule has 1 aromatic heterocycles. The molecule has 1 spiro atoms. The van der Waals surface area contributed by atoms with Crippen LogP contribution in [0.25, 0.3) is 0 Å². The number of rotatable bonds is 8. The van der Waals surface area contributed by atoms with Crippen molar-refractivity contribution >= 4 is 23.4 Å². The lowest BCUT2D eigenvalue weighted by molar-refractivity contribution is -0.140. The summed E-state index contributed by atoms with van der Waals surface area (Å²) < 4.78 is 16.9. The lowest BCUT2D eigenvalue weighted by atomic mass is 9.57. The van der Waals surface area contributed by atoms with Crippen molar-refractivity contribution in [1.29, 1.82) is 0 Å². The van der Waals surface area contributed by atoms with Crippen molar-refractivity contribution in [1.82, 2.24) is 5.16 Å². The number of carbonyl (C=O) groups excluding carboxylic acids is 1. The summed E-state index contributed by atoms with van der Waals surface area (Å²) in [6.45, 7) is 5.42. The number of methoxy groups -OCH3 is 1. The number of hydrogen-bond acceptors (Lipinski definition) is 7. The highest BCUT2D eigenvalue weighted by atomic mass is 16.6. The van der Waals surface area contributed by atoms with Gasteiger partial charge in [-0.15, -0.1) is 0 Å². The van der Waals surface area contributed by atoms with Crippen LogP contribution >= 0.6 is 0 Å². The molecule has 2 aliphatic carbocycles. The minimum Gasteiger partial charge on any atom is -0.495 e. The zero-order valence-corrected chi connectivity index (χ0v) is 22.4. The van der Waals surface area contributed by atoms with Crippen LogP contribution in [0.4, 0.5) is 16.2 Å². The zero-order chi connectivity index (χ0) is 27.4. The van der Waals surface area contributed by atoms with Crippen LogP contribution in [0.15, 0.2) is 53.1 Å². The molecule has 2 saturated carbocycles. The lowest BCUT2D eigenvalue weighted by Crippen LogP contribution is -2.62. The number of anilines is 2. The number of hydrogen-bond donors (Lipinski definition) is 2. The van der Waals surface area contributed by atoms with Gasteiger partial charge in [-0.05, 0) is 62.8 Å². The summed E-state index contributed by atoms with van der Waals surface area (Å²) >= 11 is 0. The molecule has 0 bridgehead atoms. The Morgan fingerprint density at radius 2 is 1.87 bits per heavy atom. The molecule has 0 radical (unpaired) electrons. The number of benzene rings is 2. The average Bonchev–Trinajstić information content (AvgIpc) is 3.63. The van der Waals surface area contributed by atoms with E-state index in [0.717, 1.165) is 42.7 Å². The molecular weight excluding hydrogens is 498 g/mol. The number of nitrogens with one attached hydrogen (secondary N) is 1. The summed E-state index contributed by atoms with van der Waals surface area (Å²) in [5.41, 5.74) is 3.37. The molecule has 39 heavy (non-hydrogen) atoms. The average molecular weight is 532 g/mol. The van der Waals surface area contributed by atoms with Gasteiger partial charge in [-0.3, -0.25) is 10.1 Å². The molecule has 1 aliphatic heterocycles. The van der Waals surface area contributed by atoms with E-state index in [0.29, 0.717) is 35.7 Å². The molecule has 6 rings (SSSR count). The van der Waals surface area contributed by atoms with Gasteiger partial charge in [0.2, 0.25) is 0 Å². The number of aliphatic carboxylic acids is 1. The number of carboxylic acid groups (broad SMARTS) is 1. The van der Waals surface area contributed by atoms with Gasteiger partial charge in [-0.2, -0.15) is 0 Å². The maximum Gasteiger partial charge on any atom is 0.412 e. The monoisotopic (exact) mass is 531 g/mol. The molecule has 204 valence electrons. The Balaban J connectivity index is 1.07. The minimum absolute atomic E-state index is 0.171. The van der Waals surface area contributed by atoms with Crippen molar-refractivity contribution < 1.29 is 28.7 Å². The van der Waals surface area contributed by atoms with E-state index in [4.69, 9.17) is 14.0 Å². The summed E-state index contributed by atoms with van der Waals surface area (Å²) in [5.74, 6) is 0.818. The van der Waals surface area contributed by atoms with Gasteiger partial charge in [0.1, 0.15) is 23.2 Å². The van der Waals surface area contributed by atoms with Crippen LogP contribution in [-0.4, -0.2) is 42.5 Å². The summed E-state index contributed by atoms with van der Waals surface area (Å²) in [5, 5.41) is 16.6. The van der Waals surface area contributed by atoms with Gasteiger partial charge in [0.05, 0.1) is 18.2 Å². The Morgan fingerprint density at radius 1 is 1.15 bits per heavy atom. The first-order valence-corrected chi connectivity index (χ1v) is 13.4. The van der Waals surface area contributed by atoms with E-state index in [9.17, 15) is 14.7 Å². The third-order valence-electron chi connectivity index (χ3n) is 8.68. The summed E-state index contributed by atoms with van der Waals surface area (Å²) in [6.07, 6.45) is 2.29. The van der Waals surface area contributed by atoms with Crippen molar-refractivity contribution in [2.45, 2.75) is 57.0 Å². The number of ether oxygens (including phenoxy) is 2. The molecule has 9 nitrogen and oxygen atoms in total. The first-order valence-electron chi connectivity index (χ1n) is 13.4. The maximum atomic E-state index is 12.7. The van der Waals surface area contributed by atoms with E-state index in [1.807, 2.05) is 62.4 Å². The van der Waals surface area contributed by atoms with E-state index in [1.165, 1.54) is 0 Å².